The van der Waals surface area contributed by atoms with Crippen molar-refractivity contribution in [1.29, 1.82) is 5.26 Å². The van der Waals surface area contributed by atoms with Crippen LogP contribution in [0.1, 0.15) is 21.5 Å². The lowest BCUT2D eigenvalue weighted by Crippen LogP contribution is -2.18. The number of carbonyl (C=O) groups excluding carboxylic acids is 1. The molecule has 0 fully saturated rings. The summed E-state index contributed by atoms with van der Waals surface area (Å²) in [5.41, 5.74) is -3.12. The lowest BCUT2D eigenvalue weighted by molar-refractivity contribution is -0.140. The van der Waals surface area contributed by atoms with Gasteiger partial charge in [0.2, 0.25) is 0 Å². The first-order valence-corrected chi connectivity index (χ1v) is 5.34. The Hall–Kier alpha value is -1.42. The first-order chi connectivity index (χ1) is 7.82. The van der Waals surface area contributed by atoms with Crippen LogP contribution in [0.4, 0.5) is 17.6 Å². The third-order valence-electron chi connectivity index (χ3n) is 1.96. The second kappa shape index (κ2) is 4.84. The van der Waals surface area contributed by atoms with Crippen molar-refractivity contribution >= 4 is 21.7 Å². The van der Waals surface area contributed by atoms with Crippen molar-refractivity contribution in [3.8, 4) is 6.07 Å². The molecule has 0 saturated carbocycles. The third kappa shape index (κ3) is 2.64. The van der Waals surface area contributed by atoms with E-state index in [9.17, 15) is 22.4 Å². The van der Waals surface area contributed by atoms with Gasteiger partial charge in [-0.05, 0) is 12.1 Å². The highest BCUT2D eigenvalue weighted by atomic mass is 79.9. The summed E-state index contributed by atoms with van der Waals surface area (Å²) in [5.74, 6) is -2.56. The van der Waals surface area contributed by atoms with Crippen molar-refractivity contribution in [3.63, 3.8) is 0 Å². The maximum absolute atomic E-state index is 13.2. The van der Waals surface area contributed by atoms with E-state index in [1.165, 1.54) is 6.07 Å². The van der Waals surface area contributed by atoms with Crippen LogP contribution >= 0.6 is 15.9 Å². The fraction of sp³-hybridized carbons (Fsp3) is 0.200. The number of halogens is 5. The number of nitrogens with zero attached hydrogens (tertiary/aromatic N) is 1. The van der Waals surface area contributed by atoms with Gasteiger partial charge in [0.25, 0.3) is 0 Å². The summed E-state index contributed by atoms with van der Waals surface area (Å²) in [7, 11) is 0. The molecule has 0 heterocycles. The standard InChI is InChI=1S/C10H4BrF4NO/c11-3-7(17)8-5(4-16)1-2-6(12)9(8)10(13,14)15/h1-2H,3H2. The zero-order valence-electron chi connectivity index (χ0n) is 8.11. The molecule has 0 spiro atoms. The predicted octanol–water partition coefficient (Wildman–Crippen LogP) is 3.29. The van der Waals surface area contributed by atoms with Crippen LogP contribution in [-0.2, 0) is 6.18 Å². The van der Waals surface area contributed by atoms with Gasteiger partial charge in [-0.3, -0.25) is 4.79 Å². The Morgan fingerprint density at radius 2 is 2.00 bits per heavy atom. The van der Waals surface area contributed by atoms with Crippen LogP contribution in [0.25, 0.3) is 0 Å². The Morgan fingerprint density at radius 1 is 1.41 bits per heavy atom. The van der Waals surface area contributed by atoms with Gasteiger partial charge in [-0.15, -0.1) is 0 Å². The molecule has 2 nitrogen and oxygen atoms in total. The van der Waals surface area contributed by atoms with E-state index in [1.54, 1.807) is 0 Å². The molecule has 0 aliphatic heterocycles. The topological polar surface area (TPSA) is 40.9 Å². The molecule has 17 heavy (non-hydrogen) atoms. The molecule has 1 rings (SSSR count). The van der Waals surface area contributed by atoms with Crippen LogP contribution in [0, 0.1) is 17.1 Å². The third-order valence-corrected chi connectivity index (χ3v) is 2.47. The van der Waals surface area contributed by atoms with Crippen molar-refractivity contribution in [2.75, 3.05) is 5.33 Å². The molecule has 0 aliphatic carbocycles. The van der Waals surface area contributed by atoms with E-state index in [0.29, 0.717) is 6.07 Å². The second-order valence-corrected chi connectivity index (χ2v) is 3.57. The SMILES string of the molecule is N#Cc1ccc(F)c(C(F)(F)F)c1C(=O)CBr. The number of nitriles is 1. The summed E-state index contributed by atoms with van der Waals surface area (Å²) < 4.78 is 51.0. The Bertz CT molecular complexity index is 504. The van der Waals surface area contributed by atoms with E-state index >= 15 is 0 Å². The average molecular weight is 310 g/mol. The zero-order valence-corrected chi connectivity index (χ0v) is 9.69. The predicted molar refractivity (Wildman–Crippen MR) is 54.2 cm³/mol. The number of alkyl halides is 4. The summed E-state index contributed by atoms with van der Waals surface area (Å²) in [6, 6.07) is 2.81. The molecule has 0 N–H and O–H groups in total. The van der Waals surface area contributed by atoms with Crippen molar-refractivity contribution in [1.82, 2.24) is 0 Å². The molecule has 1 aromatic carbocycles. The summed E-state index contributed by atoms with van der Waals surface area (Å²) in [4.78, 5) is 11.3. The van der Waals surface area contributed by atoms with Gasteiger partial charge >= 0.3 is 6.18 Å². The van der Waals surface area contributed by atoms with Gasteiger partial charge in [0.1, 0.15) is 11.4 Å². The molecule has 0 bridgehead atoms. The van der Waals surface area contributed by atoms with Gasteiger partial charge in [-0.1, -0.05) is 15.9 Å². The molecule has 0 radical (unpaired) electrons. The Balaban J connectivity index is 3.67. The highest BCUT2D eigenvalue weighted by molar-refractivity contribution is 9.09. The lowest BCUT2D eigenvalue weighted by atomic mass is 9.97. The van der Waals surface area contributed by atoms with E-state index in [2.05, 4.69) is 15.9 Å². The number of Topliss-reactive ketones (excluding diaryl/α,β-unsaturated/α-hetero) is 1. The highest BCUT2D eigenvalue weighted by Crippen LogP contribution is 2.35. The van der Waals surface area contributed by atoms with Crippen molar-refractivity contribution in [2.45, 2.75) is 6.18 Å². The maximum Gasteiger partial charge on any atom is 0.419 e. The molecule has 1 aromatic rings. The molecule has 0 atom stereocenters. The second-order valence-electron chi connectivity index (χ2n) is 3.01. The number of hydrogen-bond acceptors (Lipinski definition) is 2. The Kier molecular flexibility index (Phi) is 3.88. The summed E-state index contributed by atoms with van der Waals surface area (Å²) in [6.45, 7) is 0. The van der Waals surface area contributed by atoms with E-state index in [1.807, 2.05) is 0 Å². The van der Waals surface area contributed by atoms with Crippen LogP contribution < -0.4 is 0 Å². The van der Waals surface area contributed by atoms with Crippen LogP contribution in [0.15, 0.2) is 12.1 Å². The minimum atomic E-state index is -5.02. The molecule has 90 valence electrons. The molecule has 7 heteroatoms. The van der Waals surface area contributed by atoms with E-state index in [4.69, 9.17) is 5.26 Å². The van der Waals surface area contributed by atoms with Crippen LogP contribution in [0.5, 0.6) is 0 Å². The maximum atomic E-state index is 13.2. The fourth-order valence-electron chi connectivity index (χ4n) is 1.30. The largest absolute Gasteiger partial charge is 0.419 e. The molecular formula is C10H4BrF4NO. The first kappa shape index (κ1) is 13.6. The molecule has 0 aliphatic rings. The van der Waals surface area contributed by atoms with E-state index < -0.39 is 39.8 Å². The van der Waals surface area contributed by atoms with E-state index in [0.717, 1.165) is 6.07 Å². The summed E-state index contributed by atoms with van der Waals surface area (Å²) >= 11 is 2.69. The average Bonchev–Trinajstić information content (AvgIpc) is 2.25. The molecular weight excluding hydrogens is 306 g/mol. The van der Waals surface area contributed by atoms with Crippen LogP contribution in [-0.4, -0.2) is 11.1 Å². The monoisotopic (exact) mass is 309 g/mol. The van der Waals surface area contributed by atoms with Gasteiger partial charge in [0.15, 0.2) is 5.78 Å². The zero-order chi connectivity index (χ0) is 13.2. The van der Waals surface area contributed by atoms with Gasteiger partial charge in [0, 0.05) is 0 Å². The molecule has 0 amide bonds. The van der Waals surface area contributed by atoms with Crippen LogP contribution in [0.2, 0.25) is 0 Å². The normalized spacial score (nSPS) is 11.1. The van der Waals surface area contributed by atoms with Crippen LogP contribution in [0.3, 0.4) is 0 Å². The van der Waals surface area contributed by atoms with Crippen molar-refractivity contribution < 1.29 is 22.4 Å². The minimum absolute atomic E-state index is 0.422. The fourth-order valence-corrected chi connectivity index (χ4v) is 1.58. The number of hydrogen-bond donors (Lipinski definition) is 0. The molecule has 0 saturated heterocycles. The number of carbonyl (C=O) groups is 1. The van der Waals surface area contributed by atoms with Gasteiger partial charge in [0.05, 0.1) is 22.5 Å². The number of benzene rings is 1. The quantitative estimate of drug-likeness (QED) is 0.478. The van der Waals surface area contributed by atoms with Crippen molar-refractivity contribution in [3.05, 3.63) is 34.6 Å². The Labute approximate surface area is 102 Å². The van der Waals surface area contributed by atoms with Gasteiger partial charge < -0.3 is 0 Å². The van der Waals surface area contributed by atoms with Gasteiger partial charge in [-0.2, -0.15) is 18.4 Å². The molecule has 0 unspecified atom stereocenters. The van der Waals surface area contributed by atoms with Crippen molar-refractivity contribution in [2.24, 2.45) is 0 Å². The minimum Gasteiger partial charge on any atom is -0.293 e. The number of rotatable bonds is 2. The van der Waals surface area contributed by atoms with E-state index in [-0.39, 0.29) is 0 Å². The smallest absolute Gasteiger partial charge is 0.293 e. The van der Waals surface area contributed by atoms with Gasteiger partial charge in [-0.25, -0.2) is 4.39 Å². The summed E-state index contributed by atoms with van der Waals surface area (Å²) in [6.07, 6.45) is -5.02. The highest BCUT2D eigenvalue weighted by Gasteiger charge is 2.39. The Morgan fingerprint density at radius 3 is 2.41 bits per heavy atom. The lowest BCUT2D eigenvalue weighted by Gasteiger charge is -2.13. The molecule has 0 aromatic heterocycles. The summed E-state index contributed by atoms with van der Waals surface area (Å²) in [5, 5.41) is 8.21. The number of ketones is 1. The first-order valence-electron chi connectivity index (χ1n) is 4.22.